The first kappa shape index (κ1) is 15.7. The first-order chi connectivity index (χ1) is 11.1. The molecule has 0 aliphatic rings. The third-order valence-corrected chi connectivity index (χ3v) is 4.20. The van der Waals surface area contributed by atoms with Crippen LogP contribution in [-0.2, 0) is 13.6 Å². The van der Waals surface area contributed by atoms with Gasteiger partial charge in [0, 0.05) is 12.1 Å². The van der Waals surface area contributed by atoms with Crippen LogP contribution in [0.5, 0.6) is 0 Å². The summed E-state index contributed by atoms with van der Waals surface area (Å²) >= 11 is 6.17. The zero-order valence-electron chi connectivity index (χ0n) is 13.2. The van der Waals surface area contributed by atoms with E-state index in [0.29, 0.717) is 6.54 Å². The van der Waals surface area contributed by atoms with Gasteiger partial charge in [0.15, 0.2) is 0 Å². The Morgan fingerprint density at radius 2 is 1.78 bits per heavy atom. The summed E-state index contributed by atoms with van der Waals surface area (Å²) in [5, 5.41) is 12.6. The van der Waals surface area contributed by atoms with E-state index in [4.69, 9.17) is 11.6 Å². The zero-order valence-corrected chi connectivity index (χ0v) is 14.0. The van der Waals surface area contributed by atoms with Crippen molar-refractivity contribution in [2.24, 2.45) is 7.05 Å². The SMILES string of the molecule is Cc1nnc(CN[C@H](c2ccccc2)c2cccc(Cl)c2)n1C. The van der Waals surface area contributed by atoms with E-state index in [1.54, 1.807) is 0 Å². The summed E-state index contributed by atoms with van der Waals surface area (Å²) in [7, 11) is 1.98. The van der Waals surface area contributed by atoms with Gasteiger partial charge in [-0.2, -0.15) is 0 Å². The number of nitrogens with zero attached hydrogens (tertiary/aromatic N) is 3. The number of hydrogen-bond acceptors (Lipinski definition) is 3. The normalized spacial score (nSPS) is 12.3. The Labute approximate surface area is 141 Å². The molecule has 4 nitrogen and oxygen atoms in total. The van der Waals surface area contributed by atoms with Crippen molar-refractivity contribution < 1.29 is 0 Å². The standard InChI is InChI=1S/C18H19ClN4/c1-13-21-22-17(23(13)2)12-20-18(14-7-4-3-5-8-14)15-9-6-10-16(19)11-15/h3-11,18,20H,12H2,1-2H3/t18-/m1/s1. The van der Waals surface area contributed by atoms with Gasteiger partial charge in [-0.25, -0.2) is 0 Å². The van der Waals surface area contributed by atoms with Gasteiger partial charge in [-0.15, -0.1) is 10.2 Å². The van der Waals surface area contributed by atoms with Crippen molar-refractivity contribution >= 4 is 11.6 Å². The molecular formula is C18H19ClN4. The zero-order chi connectivity index (χ0) is 16.2. The lowest BCUT2D eigenvalue weighted by atomic mass is 9.99. The molecule has 1 N–H and O–H groups in total. The summed E-state index contributed by atoms with van der Waals surface area (Å²) in [6.07, 6.45) is 0. The van der Waals surface area contributed by atoms with Gasteiger partial charge < -0.3 is 4.57 Å². The van der Waals surface area contributed by atoms with E-state index in [-0.39, 0.29) is 6.04 Å². The predicted octanol–water partition coefficient (Wildman–Crippen LogP) is 3.66. The number of benzene rings is 2. The summed E-state index contributed by atoms with van der Waals surface area (Å²) in [5.74, 6) is 1.81. The van der Waals surface area contributed by atoms with E-state index < -0.39 is 0 Å². The molecule has 2 aromatic carbocycles. The topological polar surface area (TPSA) is 42.7 Å². The Kier molecular flexibility index (Phi) is 4.74. The highest BCUT2D eigenvalue weighted by Gasteiger charge is 2.15. The number of nitrogens with one attached hydrogen (secondary N) is 1. The Balaban J connectivity index is 1.88. The number of aromatic nitrogens is 3. The first-order valence-electron chi connectivity index (χ1n) is 7.54. The van der Waals surface area contributed by atoms with Crippen LogP contribution >= 0.6 is 11.6 Å². The molecule has 3 rings (SSSR count). The molecule has 1 aromatic heterocycles. The van der Waals surface area contributed by atoms with Gasteiger partial charge in [-0.1, -0.05) is 54.1 Å². The van der Waals surface area contributed by atoms with Gasteiger partial charge in [0.25, 0.3) is 0 Å². The van der Waals surface area contributed by atoms with Crippen LogP contribution < -0.4 is 5.32 Å². The fourth-order valence-corrected chi connectivity index (χ4v) is 2.76. The fourth-order valence-electron chi connectivity index (χ4n) is 2.56. The summed E-state index contributed by atoms with van der Waals surface area (Å²) in [6.45, 7) is 2.57. The summed E-state index contributed by atoms with van der Waals surface area (Å²) in [5.41, 5.74) is 2.32. The van der Waals surface area contributed by atoms with Gasteiger partial charge in [-0.05, 0) is 30.2 Å². The Morgan fingerprint density at radius 1 is 1.04 bits per heavy atom. The molecule has 0 radical (unpaired) electrons. The molecule has 118 valence electrons. The monoisotopic (exact) mass is 326 g/mol. The molecule has 5 heteroatoms. The Bertz CT molecular complexity index is 783. The van der Waals surface area contributed by atoms with Gasteiger partial charge in [0.05, 0.1) is 12.6 Å². The second-order valence-corrected chi connectivity index (χ2v) is 5.94. The van der Waals surface area contributed by atoms with E-state index in [2.05, 4.69) is 33.7 Å². The highest BCUT2D eigenvalue weighted by Crippen LogP contribution is 2.24. The van der Waals surface area contributed by atoms with Crippen molar-refractivity contribution in [1.29, 1.82) is 0 Å². The molecule has 1 atom stereocenters. The average molecular weight is 327 g/mol. The average Bonchev–Trinajstić information content (AvgIpc) is 2.88. The lowest BCUT2D eigenvalue weighted by Crippen LogP contribution is -2.23. The van der Waals surface area contributed by atoms with Crippen molar-refractivity contribution in [3.63, 3.8) is 0 Å². The fraction of sp³-hybridized carbons (Fsp3) is 0.222. The molecule has 23 heavy (non-hydrogen) atoms. The van der Waals surface area contributed by atoms with E-state index >= 15 is 0 Å². The van der Waals surface area contributed by atoms with Crippen molar-refractivity contribution in [2.75, 3.05) is 0 Å². The molecule has 0 bridgehead atoms. The van der Waals surface area contributed by atoms with Gasteiger partial charge in [-0.3, -0.25) is 5.32 Å². The molecule has 0 saturated carbocycles. The van der Waals surface area contributed by atoms with Gasteiger partial charge in [0.2, 0.25) is 0 Å². The minimum absolute atomic E-state index is 0.0481. The molecule has 0 aliphatic carbocycles. The summed E-state index contributed by atoms with van der Waals surface area (Å²) in [6, 6.07) is 18.3. The third kappa shape index (κ3) is 3.60. The molecule has 0 amide bonds. The van der Waals surface area contributed by atoms with Crippen LogP contribution in [0.3, 0.4) is 0 Å². The number of rotatable bonds is 5. The van der Waals surface area contributed by atoms with Crippen LogP contribution in [0.25, 0.3) is 0 Å². The maximum atomic E-state index is 6.17. The van der Waals surface area contributed by atoms with Crippen LogP contribution in [0.4, 0.5) is 0 Å². The molecule has 3 aromatic rings. The summed E-state index contributed by atoms with van der Waals surface area (Å²) in [4.78, 5) is 0. The highest BCUT2D eigenvalue weighted by molar-refractivity contribution is 6.30. The van der Waals surface area contributed by atoms with Crippen molar-refractivity contribution in [3.05, 3.63) is 82.4 Å². The number of halogens is 1. The predicted molar refractivity (Wildman–Crippen MR) is 92.3 cm³/mol. The van der Waals surface area contributed by atoms with Crippen LogP contribution in [0.2, 0.25) is 5.02 Å². The van der Waals surface area contributed by atoms with Crippen molar-refractivity contribution in [1.82, 2.24) is 20.1 Å². The minimum Gasteiger partial charge on any atom is -0.317 e. The van der Waals surface area contributed by atoms with Crippen LogP contribution in [0.1, 0.15) is 28.8 Å². The van der Waals surface area contributed by atoms with Gasteiger partial charge in [0.1, 0.15) is 11.6 Å². The van der Waals surface area contributed by atoms with E-state index in [9.17, 15) is 0 Å². The van der Waals surface area contributed by atoms with E-state index in [1.807, 2.05) is 54.9 Å². The number of aryl methyl sites for hydroxylation is 1. The maximum absolute atomic E-state index is 6.17. The third-order valence-electron chi connectivity index (χ3n) is 3.96. The molecule has 0 spiro atoms. The van der Waals surface area contributed by atoms with Crippen LogP contribution in [0, 0.1) is 6.92 Å². The number of hydrogen-bond donors (Lipinski definition) is 1. The van der Waals surface area contributed by atoms with Crippen molar-refractivity contribution in [3.8, 4) is 0 Å². The van der Waals surface area contributed by atoms with E-state index in [0.717, 1.165) is 22.2 Å². The van der Waals surface area contributed by atoms with Crippen molar-refractivity contribution in [2.45, 2.75) is 19.5 Å². The van der Waals surface area contributed by atoms with E-state index in [1.165, 1.54) is 5.56 Å². The smallest absolute Gasteiger partial charge is 0.146 e. The first-order valence-corrected chi connectivity index (χ1v) is 7.91. The highest BCUT2D eigenvalue weighted by atomic mass is 35.5. The van der Waals surface area contributed by atoms with Crippen LogP contribution in [0.15, 0.2) is 54.6 Å². The lowest BCUT2D eigenvalue weighted by molar-refractivity contribution is 0.572. The van der Waals surface area contributed by atoms with Gasteiger partial charge >= 0.3 is 0 Å². The molecule has 1 heterocycles. The second kappa shape index (κ2) is 6.94. The largest absolute Gasteiger partial charge is 0.317 e. The Morgan fingerprint density at radius 3 is 2.43 bits per heavy atom. The lowest BCUT2D eigenvalue weighted by Gasteiger charge is -2.20. The molecule has 0 unspecified atom stereocenters. The second-order valence-electron chi connectivity index (χ2n) is 5.50. The Hall–Kier alpha value is -2.17. The molecule has 0 aliphatic heterocycles. The molecule has 0 saturated heterocycles. The maximum Gasteiger partial charge on any atom is 0.146 e. The van der Waals surface area contributed by atoms with Crippen LogP contribution in [-0.4, -0.2) is 14.8 Å². The summed E-state index contributed by atoms with van der Waals surface area (Å²) < 4.78 is 1.99. The quantitative estimate of drug-likeness (QED) is 0.778. The minimum atomic E-state index is 0.0481. The molecular weight excluding hydrogens is 308 g/mol. The molecule has 0 fully saturated rings.